The molecular formula is C21H27N5O3. The number of nitrogens with zero attached hydrogens (tertiary/aromatic N) is 3. The van der Waals surface area contributed by atoms with E-state index in [2.05, 4.69) is 27.7 Å². The molecule has 2 N–H and O–H groups in total. The second kappa shape index (κ2) is 6.73. The van der Waals surface area contributed by atoms with Gasteiger partial charge in [0.1, 0.15) is 6.04 Å². The van der Waals surface area contributed by atoms with Crippen LogP contribution in [-0.2, 0) is 16.6 Å². The highest BCUT2D eigenvalue weighted by molar-refractivity contribution is 6.00. The predicted molar refractivity (Wildman–Crippen MR) is 110 cm³/mol. The molecule has 0 saturated carbocycles. The van der Waals surface area contributed by atoms with Crippen molar-refractivity contribution >= 4 is 28.5 Å². The Labute approximate surface area is 168 Å². The first-order valence-corrected chi connectivity index (χ1v) is 10.5. The van der Waals surface area contributed by atoms with Crippen molar-refractivity contribution in [3.63, 3.8) is 0 Å². The van der Waals surface area contributed by atoms with Crippen LogP contribution in [0.15, 0.2) is 23.0 Å². The zero-order valence-corrected chi connectivity index (χ0v) is 16.7. The maximum atomic E-state index is 12.9. The summed E-state index contributed by atoms with van der Waals surface area (Å²) >= 11 is 0. The average molecular weight is 397 g/mol. The Morgan fingerprint density at radius 2 is 1.86 bits per heavy atom. The Morgan fingerprint density at radius 1 is 1.07 bits per heavy atom. The van der Waals surface area contributed by atoms with E-state index in [1.807, 2.05) is 6.07 Å². The molecular weight excluding hydrogens is 370 g/mol. The van der Waals surface area contributed by atoms with Crippen LogP contribution in [0.2, 0.25) is 0 Å². The van der Waals surface area contributed by atoms with Crippen LogP contribution in [0.4, 0.5) is 5.69 Å². The molecule has 29 heavy (non-hydrogen) atoms. The van der Waals surface area contributed by atoms with Gasteiger partial charge in [-0.05, 0) is 55.8 Å². The van der Waals surface area contributed by atoms with E-state index in [1.54, 1.807) is 11.6 Å². The van der Waals surface area contributed by atoms with Crippen LogP contribution >= 0.6 is 0 Å². The zero-order valence-electron chi connectivity index (χ0n) is 16.7. The molecule has 2 aromatic rings. The van der Waals surface area contributed by atoms with Gasteiger partial charge in [-0.3, -0.25) is 24.0 Å². The summed E-state index contributed by atoms with van der Waals surface area (Å²) in [5.74, 6) is -0.673. The first kappa shape index (κ1) is 18.4. The number of nitrogens with one attached hydrogen (secondary N) is 2. The number of piperidine rings is 2. The fourth-order valence-electron chi connectivity index (χ4n) is 5.24. The lowest BCUT2D eigenvalue weighted by Crippen LogP contribution is -2.44. The first-order chi connectivity index (χ1) is 14.0. The first-order valence-electron chi connectivity index (χ1n) is 10.5. The summed E-state index contributed by atoms with van der Waals surface area (Å²) in [5, 5.41) is 5.86. The standard InChI is InChI=1S/C21H27N5O3/c1-24-17-12-14(25-10-7-21(8-11-25)6-9-22-13-21)2-3-15(17)26(20(24)29)16-4-5-18(27)23-19(16)28/h2-3,12,16,22H,4-11,13H2,1H3,(H,23,27,28). The summed E-state index contributed by atoms with van der Waals surface area (Å²) < 4.78 is 3.14. The Hall–Kier alpha value is -2.61. The normalized spacial score (nSPS) is 24.4. The molecule has 0 radical (unpaired) electrons. The van der Waals surface area contributed by atoms with Gasteiger partial charge in [0.2, 0.25) is 11.8 Å². The van der Waals surface area contributed by atoms with Crippen molar-refractivity contribution in [2.24, 2.45) is 12.5 Å². The van der Waals surface area contributed by atoms with Gasteiger partial charge in [0, 0.05) is 38.8 Å². The van der Waals surface area contributed by atoms with Gasteiger partial charge in [0.05, 0.1) is 11.0 Å². The summed E-state index contributed by atoms with van der Waals surface area (Å²) in [6.45, 7) is 4.30. The van der Waals surface area contributed by atoms with E-state index < -0.39 is 11.9 Å². The van der Waals surface area contributed by atoms with Gasteiger partial charge in [0.25, 0.3) is 0 Å². The minimum atomic E-state index is -0.639. The Morgan fingerprint density at radius 3 is 2.55 bits per heavy atom. The third-order valence-corrected chi connectivity index (χ3v) is 7.12. The van der Waals surface area contributed by atoms with E-state index in [0.717, 1.165) is 42.9 Å². The van der Waals surface area contributed by atoms with Gasteiger partial charge < -0.3 is 10.2 Å². The summed E-state index contributed by atoms with van der Waals surface area (Å²) in [7, 11) is 1.74. The number of rotatable bonds is 2. The number of amides is 2. The second-order valence-corrected chi connectivity index (χ2v) is 8.77. The molecule has 154 valence electrons. The highest BCUT2D eigenvalue weighted by Gasteiger charge is 2.37. The van der Waals surface area contributed by atoms with Crippen molar-refractivity contribution < 1.29 is 9.59 Å². The van der Waals surface area contributed by atoms with Gasteiger partial charge in [-0.15, -0.1) is 0 Å². The summed E-state index contributed by atoms with van der Waals surface area (Å²) in [5.41, 5.74) is 2.92. The van der Waals surface area contributed by atoms with E-state index in [0.29, 0.717) is 11.8 Å². The number of fused-ring (bicyclic) bond motifs is 1. The zero-order chi connectivity index (χ0) is 20.2. The van der Waals surface area contributed by atoms with E-state index >= 15 is 0 Å². The summed E-state index contributed by atoms with van der Waals surface area (Å²) in [4.78, 5) is 39.1. The molecule has 8 nitrogen and oxygen atoms in total. The maximum absolute atomic E-state index is 12.9. The fraction of sp³-hybridized carbons (Fsp3) is 0.571. The predicted octanol–water partition coefficient (Wildman–Crippen LogP) is 0.898. The minimum absolute atomic E-state index is 0.221. The molecule has 1 atom stereocenters. The fourth-order valence-corrected chi connectivity index (χ4v) is 5.24. The smallest absolute Gasteiger partial charge is 0.329 e. The number of benzene rings is 1. The van der Waals surface area contributed by atoms with Crippen LogP contribution in [0.1, 0.15) is 38.1 Å². The molecule has 5 rings (SSSR count). The Balaban J connectivity index is 1.46. The number of carbonyl (C=O) groups is 2. The van der Waals surface area contributed by atoms with Crippen molar-refractivity contribution in [3.8, 4) is 0 Å². The van der Waals surface area contributed by atoms with Gasteiger partial charge in [0.15, 0.2) is 0 Å². The molecule has 2 amide bonds. The third kappa shape index (κ3) is 2.97. The van der Waals surface area contributed by atoms with Gasteiger partial charge in [-0.1, -0.05) is 0 Å². The van der Waals surface area contributed by atoms with E-state index in [9.17, 15) is 14.4 Å². The molecule has 3 fully saturated rings. The SMILES string of the molecule is Cn1c(=O)n(C2CCC(=O)NC2=O)c2ccc(N3CCC4(CCNC4)CC3)cc21. The minimum Gasteiger partial charge on any atom is -0.371 e. The monoisotopic (exact) mass is 397 g/mol. The van der Waals surface area contributed by atoms with Gasteiger partial charge in [-0.2, -0.15) is 0 Å². The maximum Gasteiger partial charge on any atom is 0.329 e. The molecule has 1 spiro atoms. The van der Waals surface area contributed by atoms with Crippen LogP contribution in [-0.4, -0.2) is 47.1 Å². The molecule has 1 aromatic heterocycles. The molecule has 0 aliphatic carbocycles. The molecule has 1 unspecified atom stereocenters. The number of hydrogen-bond donors (Lipinski definition) is 2. The molecule has 8 heteroatoms. The molecule has 3 aliphatic rings. The lowest BCUT2D eigenvalue weighted by molar-refractivity contribution is -0.135. The summed E-state index contributed by atoms with van der Waals surface area (Å²) in [6, 6.07) is 5.41. The van der Waals surface area contributed by atoms with E-state index in [4.69, 9.17) is 0 Å². The van der Waals surface area contributed by atoms with E-state index in [1.165, 1.54) is 23.8 Å². The summed E-state index contributed by atoms with van der Waals surface area (Å²) in [6.07, 6.45) is 4.25. The van der Waals surface area contributed by atoms with Gasteiger partial charge in [-0.25, -0.2) is 4.79 Å². The average Bonchev–Trinajstić information content (AvgIpc) is 3.26. The molecule has 1 aromatic carbocycles. The number of carbonyl (C=O) groups excluding carboxylic acids is 2. The van der Waals surface area contributed by atoms with Crippen LogP contribution < -0.4 is 21.2 Å². The number of aromatic nitrogens is 2. The number of imide groups is 1. The van der Waals surface area contributed by atoms with Crippen LogP contribution in [0, 0.1) is 5.41 Å². The highest BCUT2D eigenvalue weighted by Crippen LogP contribution is 2.38. The van der Waals surface area contributed by atoms with Crippen molar-refractivity contribution in [2.45, 2.75) is 38.1 Å². The lowest BCUT2D eigenvalue weighted by atomic mass is 9.78. The Kier molecular flexibility index (Phi) is 4.27. The molecule has 3 aliphatic heterocycles. The number of anilines is 1. The number of imidazole rings is 1. The van der Waals surface area contributed by atoms with Crippen LogP contribution in [0.5, 0.6) is 0 Å². The van der Waals surface area contributed by atoms with E-state index in [-0.39, 0.29) is 18.0 Å². The largest absolute Gasteiger partial charge is 0.371 e. The molecule has 0 bridgehead atoms. The van der Waals surface area contributed by atoms with Crippen molar-refractivity contribution in [3.05, 3.63) is 28.7 Å². The number of aryl methyl sites for hydroxylation is 1. The van der Waals surface area contributed by atoms with Crippen LogP contribution in [0.3, 0.4) is 0 Å². The second-order valence-electron chi connectivity index (χ2n) is 8.77. The Bertz CT molecular complexity index is 1040. The quantitative estimate of drug-likeness (QED) is 0.735. The topological polar surface area (TPSA) is 88.4 Å². The van der Waals surface area contributed by atoms with Crippen molar-refractivity contribution in [1.82, 2.24) is 19.8 Å². The number of hydrogen-bond acceptors (Lipinski definition) is 5. The van der Waals surface area contributed by atoms with Crippen molar-refractivity contribution in [1.29, 1.82) is 0 Å². The van der Waals surface area contributed by atoms with Crippen LogP contribution in [0.25, 0.3) is 11.0 Å². The van der Waals surface area contributed by atoms with Gasteiger partial charge >= 0.3 is 5.69 Å². The third-order valence-electron chi connectivity index (χ3n) is 7.12. The molecule has 3 saturated heterocycles. The molecule has 4 heterocycles. The van der Waals surface area contributed by atoms with Crippen molar-refractivity contribution in [2.75, 3.05) is 31.1 Å². The highest BCUT2D eigenvalue weighted by atomic mass is 16.2. The lowest BCUT2D eigenvalue weighted by Gasteiger charge is -2.40.